The molecule has 0 radical (unpaired) electrons. The zero-order valence-electron chi connectivity index (χ0n) is 16.0. The Bertz CT molecular complexity index is 1170. The summed E-state index contributed by atoms with van der Waals surface area (Å²) >= 11 is 1.14. The highest BCUT2D eigenvalue weighted by Crippen LogP contribution is 2.22. The molecule has 0 spiro atoms. The fraction of sp³-hybridized carbons (Fsp3) is 0.263. The number of carbonyl (C=O) groups is 2. The Morgan fingerprint density at radius 1 is 1.37 bits per heavy atom. The van der Waals surface area contributed by atoms with E-state index in [1.165, 1.54) is 36.0 Å². The SMILES string of the molecule is CCCCOC(=O)c1csc2ncn(CC(=O)Nc3cccc([N+](=O)[O-])c3)c(=O)c12. The third kappa shape index (κ3) is 4.69. The molecule has 10 nitrogen and oxygen atoms in total. The Balaban J connectivity index is 1.80. The number of nitro benzene ring substituents is 1. The van der Waals surface area contributed by atoms with Gasteiger partial charge in [0.2, 0.25) is 5.91 Å². The number of nitro groups is 1. The minimum Gasteiger partial charge on any atom is -0.462 e. The number of benzene rings is 1. The van der Waals surface area contributed by atoms with E-state index in [4.69, 9.17) is 4.74 Å². The van der Waals surface area contributed by atoms with E-state index in [0.717, 1.165) is 22.3 Å². The maximum absolute atomic E-state index is 12.8. The second-order valence-electron chi connectivity index (χ2n) is 6.35. The van der Waals surface area contributed by atoms with Crippen LogP contribution in [0.5, 0.6) is 0 Å². The molecule has 1 N–H and O–H groups in total. The van der Waals surface area contributed by atoms with E-state index in [9.17, 15) is 24.5 Å². The van der Waals surface area contributed by atoms with Crippen molar-refractivity contribution >= 4 is 44.8 Å². The van der Waals surface area contributed by atoms with Gasteiger partial charge in [0.05, 0.1) is 28.8 Å². The molecule has 0 saturated carbocycles. The number of unbranched alkanes of at least 4 members (excludes halogenated alkanes) is 1. The molecule has 1 amide bonds. The molecule has 30 heavy (non-hydrogen) atoms. The van der Waals surface area contributed by atoms with Crippen LogP contribution in [0.2, 0.25) is 0 Å². The number of carbonyl (C=O) groups excluding carboxylic acids is 2. The lowest BCUT2D eigenvalue weighted by Crippen LogP contribution is -2.28. The summed E-state index contributed by atoms with van der Waals surface area (Å²) in [6, 6.07) is 5.45. The minimum absolute atomic E-state index is 0.104. The average Bonchev–Trinajstić information content (AvgIpc) is 3.15. The number of non-ortho nitro benzene ring substituents is 1. The summed E-state index contributed by atoms with van der Waals surface area (Å²) in [6.07, 6.45) is 2.81. The first-order valence-electron chi connectivity index (χ1n) is 9.08. The number of hydrogen-bond donors (Lipinski definition) is 1. The quantitative estimate of drug-likeness (QED) is 0.251. The summed E-state index contributed by atoms with van der Waals surface area (Å²) in [6.45, 7) is 1.85. The molecular weight excluding hydrogens is 412 g/mol. The lowest BCUT2D eigenvalue weighted by molar-refractivity contribution is -0.384. The van der Waals surface area contributed by atoms with Crippen molar-refractivity contribution < 1.29 is 19.2 Å². The molecule has 0 aliphatic rings. The van der Waals surface area contributed by atoms with Crippen LogP contribution in [0.15, 0.2) is 40.8 Å². The third-order valence-electron chi connectivity index (χ3n) is 4.17. The number of hydrogen-bond acceptors (Lipinski definition) is 8. The number of nitrogens with zero attached hydrogens (tertiary/aromatic N) is 3. The van der Waals surface area contributed by atoms with Crippen LogP contribution in [0.3, 0.4) is 0 Å². The first-order chi connectivity index (χ1) is 14.4. The Hall–Kier alpha value is -3.60. The Morgan fingerprint density at radius 3 is 2.90 bits per heavy atom. The number of amides is 1. The summed E-state index contributed by atoms with van der Waals surface area (Å²) < 4.78 is 6.25. The number of rotatable bonds is 8. The van der Waals surface area contributed by atoms with E-state index in [2.05, 4.69) is 10.3 Å². The number of nitrogens with one attached hydrogen (secondary N) is 1. The van der Waals surface area contributed by atoms with Gasteiger partial charge in [0.1, 0.15) is 11.4 Å². The van der Waals surface area contributed by atoms with E-state index in [0.29, 0.717) is 11.3 Å². The largest absolute Gasteiger partial charge is 0.462 e. The number of esters is 1. The summed E-state index contributed by atoms with van der Waals surface area (Å²) in [5.41, 5.74) is -0.362. The lowest BCUT2D eigenvalue weighted by atomic mass is 10.2. The number of anilines is 1. The van der Waals surface area contributed by atoms with Crippen molar-refractivity contribution in [3.63, 3.8) is 0 Å². The molecule has 0 aliphatic carbocycles. The fourth-order valence-electron chi connectivity index (χ4n) is 2.67. The minimum atomic E-state index is -0.604. The normalized spacial score (nSPS) is 10.7. The molecular formula is C19H18N4O6S. The monoisotopic (exact) mass is 430 g/mol. The zero-order valence-corrected chi connectivity index (χ0v) is 16.8. The van der Waals surface area contributed by atoms with Gasteiger partial charge in [-0.3, -0.25) is 24.3 Å². The molecule has 0 fully saturated rings. The highest BCUT2D eigenvalue weighted by Gasteiger charge is 2.19. The molecule has 2 heterocycles. The van der Waals surface area contributed by atoms with Crippen molar-refractivity contribution in [3.8, 4) is 0 Å². The van der Waals surface area contributed by atoms with Crippen molar-refractivity contribution in [3.05, 3.63) is 62.0 Å². The molecule has 11 heteroatoms. The maximum Gasteiger partial charge on any atom is 0.339 e. The molecule has 3 aromatic rings. The first-order valence-corrected chi connectivity index (χ1v) is 9.96. The van der Waals surface area contributed by atoms with Gasteiger partial charge in [-0.1, -0.05) is 19.4 Å². The number of aromatic nitrogens is 2. The first kappa shape index (κ1) is 21.1. The van der Waals surface area contributed by atoms with Crippen LogP contribution in [-0.4, -0.2) is 33.0 Å². The molecule has 3 rings (SSSR count). The number of thiophene rings is 1. The molecule has 0 saturated heterocycles. The van der Waals surface area contributed by atoms with Gasteiger partial charge in [0, 0.05) is 23.2 Å². The van der Waals surface area contributed by atoms with Crippen LogP contribution >= 0.6 is 11.3 Å². The van der Waals surface area contributed by atoms with Gasteiger partial charge in [0.25, 0.3) is 11.2 Å². The predicted octanol–water partition coefficient (Wildman–Crippen LogP) is 2.96. The molecule has 0 aliphatic heterocycles. The van der Waals surface area contributed by atoms with Crippen molar-refractivity contribution in [2.45, 2.75) is 26.3 Å². The highest BCUT2D eigenvalue weighted by molar-refractivity contribution is 7.17. The van der Waals surface area contributed by atoms with Gasteiger partial charge in [-0.05, 0) is 12.5 Å². The summed E-state index contributed by atoms with van der Waals surface area (Å²) in [7, 11) is 0. The molecule has 2 aromatic heterocycles. The van der Waals surface area contributed by atoms with E-state index in [1.54, 1.807) is 0 Å². The third-order valence-corrected chi connectivity index (χ3v) is 5.05. The molecule has 156 valence electrons. The topological polar surface area (TPSA) is 133 Å². The second kappa shape index (κ2) is 9.27. The van der Waals surface area contributed by atoms with Crippen molar-refractivity contribution in [2.24, 2.45) is 0 Å². The van der Waals surface area contributed by atoms with E-state index < -0.39 is 22.4 Å². The maximum atomic E-state index is 12.8. The van der Waals surface area contributed by atoms with Crippen LogP contribution in [-0.2, 0) is 16.1 Å². The Kier molecular flexibility index (Phi) is 6.52. The summed E-state index contributed by atoms with van der Waals surface area (Å²) in [5, 5.41) is 15.0. The van der Waals surface area contributed by atoms with Crippen LogP contribution in [0.1, 0.15) is 30.1 Å². The molecule has 0 atom stereocenters. The number of fused-ring (bicyclic) bond motifs is 1. The van der Waals surface area contributed by atoms with Gasteiger partial charge in [-0.2, -0.15) is 0 Å². The number of ether oxygens (including phenoxy) is 1. The molecule has 1 aromatic carbocycles. The zero-order chi connectivity index (χ0) is 21.7. The van der Waals surface area contributed by atoms with E-state index >= 15 is 0 Å². The molecule has 0 unspecified atom stereocenters. The van der Waals surface area contributed by atoms with E-state index in [-0.39, 0.29) is 35.5 Å². The lowest BCUT2D eigenvalue weighted by Gasteiger charge is -2.08. The average molecular weight is 430 g/mol. The van der Waals surface area contributed by atoms with Gasteiger partial charge in [-0.25, -0.2) is 9.78 Å². The predicted molar refractivity (Wildman–Crippen MR) is 111 cm³/mol. The van der Waals surface area contributed by atoms with Crippen molar-refractivity contribution in [1.82, 2.24) is 9.55 Å². The fourth-order valence-corrected chi connectivity index (χ4v) is 3.54. The standard InChI is InChI=1S/C19H18N4O6S/c1-2-3-7-29-19(26)14-10-30-17-16(14)18(25)22(11-20-17)9-15(24)21-12-5-4-6-13(8-12)23(27)28/h4-6,8,10-11H,2-3,7,9H2,1H3,(H,21,24). The van der Waals surface area contributed by atoms with Crippen LogP contribution in [0, 0.1) is 10.1 Å². The van der Waals surface area contributed by atoms with Crippen molar-refractivity contribution in [2.75, 3.05) is 11.9 Å². The Labute approximate surface area is 174 Å². The van der Waals surface area contributed by atoms with Gasteiger partial charge in [0.15, 0.2) is 0 Å². The van der Waals surface area contributed by atoms with Crippen molar-refractivity contribution in [1.29, 1.82) is 0 Å². The smallest absolute Gasteiger partial charge is 0.339 e. The van der Waals surface area contributed by atoms with Crippen LogP contribution < -0.4 is 10.9 Å². The van der Waals surface area contributed by atoms with Gasteiger partial charge >= 0.3 is 5.97 Å². The van der Waals surface area contributed by atoms with E-state index in [1.807, 2.05) is 6.92 Å². The summed E-state index contributed by atoms with van der Waals surface area (Å²) in [5.74, 6) is -1.17. The summed E-state index contributed by atoms with van der Waals surface area (Å²) in [4.78, 5) is 52.2. The Morgan fingerprint density at radius 2 is 2.17 bits per heavy atom. The highest BCUT2D eigenvalue weighted by atomic mass is 32.1. The second-order valence-corrected chi connectivity index (χ2v) is 7.21. The molecule has 0 bridgehead atoms. The van der Waals surface area contributed by atoms with Crippen LogP contribution in [0.25, 0.3) is 10.2 Å². The van der Waals surface area contributed by atoms with Gasteiger partial charge < -0.3 is 10.1 Å². The van der Waals surface area contributed by atoms with Crippen LogP contribution in [0.4, 0.5) is 11.4 Å². The van der Waals surface area contributed by atoms with Gasteiger partial charge in [-0.15, -0.1) is 11.3 Å².